The number of rotatable bonds is 9. The largest absolute Gasteiger partial charge is 0.490 e. The smallest absolute Gasteiger partial charge is 0.230 e. The lowest BCUT2D eigenvalue weighted by atomic mass is 10.1. The fraction of sp³-hybridized carbons (Fsp3) is 0.353. The highest BCUT2D eigenvalue weighted by atomic mass is 79.9. The van der Waals surface area contributed by atoms with Crippen LogP contribution in [0.1, 0.15) is 0 Å². The monoisotopic (exact) mass is 380 g/mol. The summed E-state index contributed by atoms with van der Waals surface area (Å²) in [6.07, 6.45) is -0.610. The van der Waals surface area contributed by atoms with E-state index in [0.717, 1.165) is 16.5 Å². The van der Waals surface area contributed by atoms with E-state index in [4.69, 9.17) is 4.74 Å². The minimum absolute atomic E-state index is 0.0494. The van der Waals surface area contributed by atoms with Crippen LogP contribution < -0.4 is 15.4 Å². The first-order chi connectivity index (χ1) is 11.2. The molecule has 0 aliphatic rings. The topological polar surface area (TPSA) is 70.6 Å². The van der Waals surface area contributed by atoms with Gasteiger partial charge in [0.25, 0.3) is 0 Å². The van der Waals surface area contributed by atoms with Crippen molar-refractivity contribution in [2.75, 3.05) is 31.6 Å². The van der Waals surface area contributed by atoms with E-state index in [2.05, 4.69) is 26.6 Å². The molecule has 23 heavy (non-hydrogen) atoms. The molecular weight excluding hydrogens is 360 g/mol. The molecule has 6 heteroatoms. The third kappa shape index (κ3) is 5.82. The Morgan fingerprint density at radius 1 is 1.17 bits per heavy atom. The Kier molecular flexibility index (Phi) is 7.32. The Hall–Kier alpha value is -1.63. The molecule has 0 saturated heterocycles. The SMILES string of the molecule is O=C(CBr)NCCNC[C@H](O)COc1cccc2ccccc12. The van der Waals surface area contributed by atoms with Gasteiger partial charge >= 0.3 is 0 Å². The molecule has 0 radical (unpaired) electrons. The van der Waals surface area contributed by atoms with Gasteiger partial charge in [0, 0.05) is 25.0 Å². The number of benzene rings is 2. The maximum Gasteiger partial charge on any atom is 0.230 e. The van der Waals surface area contributed by atoms with Crippen LogP contribution in [-0.2, 0) is 4.79 Å². The zero-order valence-electron chi connectivity index (χ0n) is 12.8. The highest BCUT2D eigenvalue weighted by Crippen LogP contribution is 2.25. The van der Waals surface area contributed by atoms with Gasteiger partial charge in [0.1, 0.15) is 18.5 Å². The van der Waals surface area contributed by atoms with Crippen LogP contribution in [0.15, 0.2) is 42.5 Å². The van der Waals surface area contributed by atoms with Crippen molar-refractivity contribution in [3.05, 3.63) is 42.5 Å². The van der Waals surface area contributed by atoms with Crippen LogP contribution in [0.4, 0.5) is 0 Å². The zero-order chi connectivity index (χ0) is 16.5. The lowest BCUT2D eigenvalue weighted by Gasteiger charge is -2.14. The van der Waals surface area contributed by atoms with Crippen molar-refractivity contribution in [3.8, 4) is 5.75 Å². The molecule has 0 fully saturated rings. The third-order valence-corrected chi connectivity index (χ3v) is 3.82. The van der Waals surface area contributed by atoms with Gasteiger partial charge in [-0.05, 0) is 11.5 Å². The Balaban J connectivity index is 1.71. The highest BCUT2D eigenvalue weighted by Gasteiger charge is 2.07. The molecule has 0 spiro atoms. The number of halogens is 1. The van der Waals surface area contributed by atoms with Crippen LogP contribution in [-0.4, -0.2) is 48.7 Å². The zero-order valence-corrected chi connectivity index (χ0v) is 14.4. The van der Waals surface area contributed by atoms with Crippen molar-refractivity contribution < 1.29 is 14.6 Å². The lowest BCUT2D eigenvalue weighted by Crippen LogP contribution is -2.37. The molecule has 0 saturated carbocycles. The number of alkyl halides is 1. The third-order valence-electron chi connectivity index (χ3n) is 3.31. The van der Waals surface area contributed by atoms with Crippen LogP contribution >= 0.6 is 15.9 Å². The molecule has 2 aromatic rings. The maximum absolute atomic E-state index is 11.0. The maximum atomic E-state index is 11.0. The first kappa shape index (κ1) is 17.7. The summed E-state index contributed by atoms with van der Waals surface area (Å²) in [5.74, 6) is 0.721. The molecule has 1 atom stereocenters. The van der Waals surface area contributed by atoms with Crippen LogP contribution in [0.5, 0.6) is 5.75 Å². The van der Waals surface area contributed by atoms with E-state index >= 15 is 0 Å². The first-order valence-electron chi connectivity index (χ1n) is 7.52. The molecule has 1 amide bonds. The van der Waals surface area contributed by atoms with Gasteiger partial charge in [0.05, 0.1) is 5.33 Å². The van der Waals surface area contributed by atoms with Gasteiger partial charge in [-0.25, -0.2) is 0 Å². The number of aliphatic hydroxyl groups is 1. The Morgan fingerprint density at radius 3 is 2.78 bits per heavy atom. The number of fused-ring (bicyclic) bond motifs is 1. The van der Waals surface area contributed by atoms with Gasteiger partial charge in [-0.2, -0.15) is 0 Å². The summed E-state index contributed by atoms with van der Waals surface area (Å²) in [7, 11) is 0. The second-order valence-corrected chi connectivity index (χ2v) is 5.69. The van der Waals surface area contributed by atoms with Crippen LogP contribution in [0, 0.1) is 0 Å². The predicted octanol–water partition coefficient (Wildman–Crippen LogP) is 1.68. The normalized spacial score (nSPS) is 12.1. The Bertz CT molecular complexity index is 631. The Labute approximate surface area is 144 Å². The number of ether oxygens (including phenoxy) is 1. The predicted molar refractivity (Wildman–Crippen MR) is 95.1 cm³/mol. The average molecular weight is 381 g/mol. The molecule has 0 aliphatic carbocycles. The number of amides is 1. The van der Waals surface area contributed by atoms with Crippen molar-refractivity contribution in [1.29, 1.82) is 0 Å². The van der Waals surface area contributed by atoms with Crippen molar-refractivity contribution in [2.24, 2.45) is 0 Å². The second kappa shape index (κ2) is 9.50. The number of carbonyl (C=O) groups excluding carboxylic acids is 1. The number of carbonyl (C=O) groups is 1. The molecule has 0 aromatic heterocycles. The van der Waals surface area contributed by atoms with Crippen molar-refractivity contribution >= 4 is 32.6 Å². The number of nitrogens with one attached hydrogen (secondary N) is 2. The van der Waals surface area contributed by atoms with Crippen molar-refractivity contribution in [2.45, 2.75) is 6.10 Å². The number of hydrogen-bond acceptors (Lipinski definition) is 4. The van der Waals surface area contributed by atoms with Gasteiger partial charge in [0.2, 0.25) is 5.91 Å². The highest BCUT2D eigenvalue weighted by molar-refractivity contribution is 9.09. The van der Waals surface area contributed by atoms with Crippen LogP contribution in [0.3, 0.4) is 0 Å². The summed E-state index contributed by atoms with van der Waals surface area (Å²) in [6, 6.07) is 13.9. The van der Waals surface area contributed by atoms with Crippen LogP contribution in [0.2, 0.25) is 0 Å². The van der Waals surface area contributed by atoms with E-state index in [-0.39, 0.29) is 12.5 Å². The van der Waals surface area contributed by atoms with E-state index in [0.29, 0.717) is 25.0 Å². The number of aliphatic hydroxyl groups excluding tert-OH is 1. The van der Waals surface area contributed by atoms with Crippen molar-refractivity contribution in [3.63, 3.8) is 0 Å². The standard InChI is InChI=1S/C17H21BrN2O3/c18-10-17(22)20-9-8-19-11-14(21)12-23-16-7-3-5-13-4-1-2-6-15(13)16/h1-7,14,19,21H,8-12H2,(H,20,22)/t14-/m0/s1. The molecule has 0 aliphatic heterocycles. The molecule has 2 rings (SSSR count). The lowest BCUT2D eigenvalue weighted by molar-refractivity contribution is -0.118. The van der Waals surface area contributed by atoms with E-state index in [1.54, 1.807) is 0 Å². The fourth-order valence-electron chi connectivity index (χ4n) is 2.17. The quantitative estimate of drug-likeness (QED) is 0.457. The minimum Gasteiger partial charge on any atom is -0.490 e. The van der Waals surface area contributed by atoms with E-state index < -0.39 is 6.10 Å². The first-order valence-corrected chi connectivity index (χ1v) is 8.65. The van der Waals surface area contributed by atoms with E-state index in [1.807, 2.05) is 42.5 Å². The molecule has 0 bridgehead atoms. The Morgan fingerprint density at radius 2 is 1.96 bits per heavy atom. The van der Waals surface area contributed by atoms with Gasteiger partial charge in [-0.3, -0.25) is 4.79 Å². The molecule has 2 aromatic carbocycles. The summed E-state index contributed by atoms with van der Waals surface area (Å²) in [4.78, 5) is 11.0. The average Bonchev–Trinajstić information content (AvgIpc) is 2.59. The fourth-order valence-corrected chi connectivity index (χ4v) is 2.37. The molecular formula is C17H21BrN2O3. The molecule has 124 valence electrons. The minimum atomic E-state index is -0.610. The summed E-state index contributed by atoms with van der Waals surface area (Å²) in [6.45, 7) is 1.76. The molecule has 0 heterocycles. The number of hydrogen-bond donors (Lipinski definition) is 3. The molecule has 3 N–H and O–H groups in total. The summed E-state index contributed by atoms with van der Waals surface area (Å²) in [5.41, 5.74) is 0. The van der Waals surface area contributed by atoms with Gasteiger partial charge in [0.15, 0.2) is 0 Å². The second-order valence-electron chi connectivity index (χ2n) is 5.13. The van der Waals surface area contributed by atoms with Gasteiger partial charge in [-0.1, -0.05) is 52.3 Å². The summed E-state index contributed by atoms with van der Waals surface area (Å²) >= 11 is 3.08. The van der Waals surface area contributed by atoms with E-state index in [1.165, 1.54) is 0 Å². The summed E-state index contributed by atoms with van der Waals surface area (Å²) < 4.78 is 5.73. The molecule has 0 unspecified atom stereocenters. The van der Waals surface area contributed by atoms with Crippen molar-refractivity contribution in [1.82, 2.24) is 10.6 Å². The van der Waals surface area contributed by atoms with E-state index in [9.17, 15) is 9.90 Å². The van der Waals surface area contributed by atoms with Gasteiger partial charge < -0.3 is 20.5 Å². The van der Waals surface area contributed by atoms with Crippen LogP contribution in [0.25, 0.3) is 10.8 Å². The molecule has 5 nitrogen and oxygen atoms in total. The van der Waals surface area contributed by atoms with Gasteiger partial charge in [-0.15, -0.1) is 0 Å². The summed E-state index contributed by atoms with van der Waals surface area (Å²) in [5, 5.41) is 18.2.